The Hall–Kier alpha value is -1.81. The lowest BCUT2D eigenvalue weighted by molar-refractivity contribution is 0.296. The highest BCUT2D eigenvalue weighted by atomic mass is 35.5. The molecule has 0 radical (unpaired) electrons. The molecule has 2 aromatic rings. The third-order valence-corrected chi connectivity index (χ3v) is 2.49. The van der Waals surface area contributed by atoms with E-state index in [4.69, 9.17) is 16.3 Å². The predicted molar refractivity (Wildman–Crippen MR) is 68.0 cm³/mol. The van der Waals surface area contributed by atoms with E-state index in [1.54, 1.807) is 18.2 Å². The normalized spacial score (nSPS) is 10.5. The van der Waals surface area contributed by atoms with Gasteiger partial charge in [-0.2, -0.15) is 0 Å². The van der Waals surface area contributed by atoms with Crippen molar-refractivity contribution >= 4 is 28.3 Å². The van der Waals surface area contributed by atoms with Crippen molar-refractivity contribution in [1.29, 1.82) is 0 Å². The number of nitrogens with zero attached hydrogens (tertiary/aromatic N) is 1. The Balaban J connectivity index is 2.60. The summed E-state index contributed by atoms with van der Waals surface area (Å²) in [5, 5.41) is 0.951. The number of aromatic amines is 1. The van der Waals surface area contributed by atoms with Crippen LogP contribution in [0.3, 0.4) is 0 Å². The highest BCUT2D eigenvalue weighted by molar-refractivity contribution is 6.31. The molecule has 0 bridgehead atoms. The molecule has 0 amide bonds. The van der Waals surface area contributed by atoms with E-state index in [1.807, 2.05) is 6.92 Å². The molecule has 0 aliphatic carbocycles. The van der Waals surface area contributed by atoms with Crippen LogP contribution in [-0.4, -0.2) is 16.6 Å². The number of rotatable bonds is 3. The van der Waals surface area contributed by atoms with Crippen LogP contribution >= 0.6 is 11.6 Å². The number of ether oxygens (including phenoxy) is 1. The van der Waals surface area contributed by atoms with Crippen LogP contribution in [0.4, 0.5) is 0 Å². The third-order valence-electron chi connectivity index (χ3n) is 2.25. The molecule has 1 aromatic heterocycles. The summed E-state index contributed by atoms with van der Waals surface area (Å²) in [6.45, 7) is 6.01. The average Bonchev–Trinajstić information content (AvgIpc) is 2.30. The van der Waals surface area contributed by atoms with Crippen LogP contribution in [0, 0.1) is 0 Å². The Morgan fingerprint density at radius 3 is 3.06 bits per heavy atom. The minimum atomic E-state index is -0.256. The smallest absolute Gasteiger partial charge is 0.259 e. The standard InChI is InChI=1S/C12H11ClN2O2/c1-3-17-7(2)11-14-10-5-4-8(13)6-9(10)12(16)15-11/h4-6H,2-3H2,1H3,(H,14,15,16). The fourth-order valence-electron chi connectivity index (χ4n) is 1.49. The average molecular weight is 251 g/mol. The highest BCUT2D eigenvalue weighted by Crippen LogP contribution is 2.16. The number of halogens is 1. The Labute approximate surface area is 103 Å². The van der Waals surface area contributed by atoms with Gasteiger partial charge in [0.2, 0.25) is 0 Å². The number of hydrogen-bond donors (Lipinski definition) is 1. The van der Waals surface area contributed by atoms with Gasteiger partial charge in [0, 0.05) is 5.02 Å². The topological polar surface area (TPSA) is 55.0 Å². The molecule has 0 aliphatic rings. The van der Waals surface area contributed by atoms with E-state index < -0.39 is 0 Å². The van der Waals surface area contributed by atoms with Crippen molar-refractivity contribution in [3.63, 3.8) is 0 Å². The maximum atomic E-state index is 11.8. The second kappa shape index (κ2) is 4.59. The summed E-state index contributed by atoms with van der Waals surface area (Å²) in [4.78, 5) is 18.7. The van der Waals surface area contributed by atoms with E-state index in [-0.39, 0.29) is 5.56 Å². The summed E-state index contributed by atoms with van der Waals surface area (Å²) >= 11 is 5.82. The molecule has 1 heterocycles. The number of hydrogen-bond acceptors (Lipinski definition) is 3. The van der Waals surface area contributed by atoms with Gasteiger partial charge >= 0.3 is 0 Å². The van der Waals surface area contributed by atoms with E-state index in [1.165, 1.54) is 0 Å². The van der Waals surface area contributed by atoms with Gasteiger partial charge in [-0.15, -0.1) is 0 Å². The molecule has 2 rings (SSSR count). The monoisotopic (exact) mass is 250 g/mol. The first kappa shape index (κ1) is 11.7. The first-order valence-electron chi connectivity index (χ1n) is 5.13. The van der Waals surface area contributed by atoms with Crippen LogP contribution in [0.15, 0.2) is 29.6 Å². The molecular formula is C12H11ClN2O2. The molecule has 0 saturated carbocycles. The first-order valence-corrected chi connectivity index (χ1v) is 5.51. The Morgan fingerprint density at radius 2 is 2.35 bits per heavy atom. The lowest BCUT2D eigenvalue weighted by Crippen LogP contribution is -2.12. The summed E-state index contributed by atoms with van der Waals surface area (Å²) in [5.74, 6) is 0.688. The summed E-state index contributed by atoms with van der Waals surface area (Å²) in [6.07, 6.45) is 0. The van der Waals surface area contributed by atoms with Crippen LogP contribution in [0.25, 0.3) is 16.7 Å². The van der Waals surface area contributed by atoms with Crippen LogP contribution < -0.4 is 5.56 Å². The quantitative estimate of drug-likeness (QED) is 0.852. The predicted octanol–water partition coefficient (Wildman–Crippen LogP) is 2.58. The molecule has 0 aliphatic heterocycles. The summed E-state index contributed by atoms with van der Waals surface area (Å²) in [7, 11) is 0. The number of nitrogens with one attached hydrogen (secondary N) is 1. The zero-order chi connectivity index (χ0) is 12.4. The number of benzene rings is 1. The van der Waals surface area contributed by atoms with Gasteiger partial charge in [0.15, 0.2) is 11.6 Å². The van der Waals surface area contributed by atoms with Gasteiger partial charge in [-0.1, -0.05) is 18.2 Å². The first-order chi connectivity index (χ1) is 8.11. The zero-order valence-corrected chi connectivity index (χ0v) is 10.0. The molecule has 0 fully saturated rings. The lowest BCUT2D eigenvalue weighted by atomic mass is 10.2. The van der Waals surface area contributed by atoms with Crippen molar-refractivity contribution in [2.24, 2.45) is 0 Å². The fraction of sp³-hybridized carbons (Fsp3) is 0.167. The summed E-state index contributed by atoms with van der Waals surface area (Å²) < 4.78 is 5.20. The molecule has 17 heavy (non-hydrogen) atoms. The van der Waals surface area contributed by atoms with Gasteiger partial charge in [0.05, 0.1) is 17.5 Å². The molecule has 0 unspecified atom stereocenters. The molecule has 88 valence electrons. The SMILES string of the molecule is C=C(OCC)c1nc2ccc(Cl)cc2c(=O)[nH]1. The summed E-state index contributed by atoms with van der Waals surface area (Å²) in [5.41, 5.74) is 0.308. The maximum absolute atomic E-state index is 11.8. The van der Waals surface area contributed by atoms with Crippen molar-refractivity contribution in [1.82, 2.24) is 9.97 Å². The van der Waals surface area contributed by atoms with E-state index >= 15 is 0 Å². The molecule has 4 nitrogen and oxygen atoms in total. The van der Waals surface area contributed by atoms with Crippen molar-refractivity contribution in [3.05, 3.63) is 46.0 Å². The Kier molecular flexibility index (Phi) is 3.15. The van der Waals surface area contributed by atoms with Crippen molar-refractivity contribution in [3.8, 4) is 0 Å². The highest BCUT2D eigenvalue weighted by Gasteiger charge is 2.07. The minimum Gasteiger partial charge on any atom is -0.491 e. The fourth-order valence-corrected chi connectivity index (χ4v) is 1.66. The van der Waals surface area contributed by atoms with Crippen molar-refractivity contribution in [2.75, 3.05) is 6.61 Å². The molecule has 0 saturated heterocycles. The second-order valence-corrected chi connectivity index (χ2v) is 3.87. The van der Waals surface area contributed by atoms with Crippen molar-refractivity contribution in [2.45, 2.75) is 6.92 Å². The molecule has 1 aromatic carbocycles. The van der Waals surface area contributed by atoms with Crippen molar-refractivity contribution < 1.29 is 4.74 Å². The lowest BCUT2D eigenvalue weighted by Gasteiger charge is -2.06. The third kappa shape index (κ3) is 2.31. The second-order valence-electron chi connectivity index (χ2n) is 3.43. The number of aromatic nitrogens is 2. The van der Waals surface area contributed by atoms with E-state index in [9.17, 15) is 4.79 Å². The van der Waals surface area contributed by atoms with Gasteiger partial charge < -0.3 is 9.72 Å². The molecule has 0 spiro atoms. The van der Waals surface area contributed by atoms with E-state index in [2.05, 4.69) is 16.5 Å². The number of fused-ring (bicyclic) bond motifs is 1. The molecule has 1 N–H and O–H groups in total. The van der Waals surface area contributed by atoms with Crippen LogP contribution in [0.1, 0.15) is 12.7 Å². The van der Waals surface area contributed by atoms with Gasteiger partial charge in [-0.05, 0) is 25.1 Å². The van der Waals surface area contributed by atoms with E-state index in [0.29, 0.717) is 34.1 Å². The van der Waals surface area contributed by atoms with Crippen LogP contribution in [0.2, 0.25) is 5.02 Å². The van der Waals surface area contributed by atoms with E-state index in [0.717, 1.165) is 0 Å². The summed E-state index contributed by atoms with van der Waals surface area (Å²) in [6, 6.07) is 4.95. The largest absolute Gasteiger partial charge is 0.491 e. The minimum absolute atomic E-state index is 0.256. The van der Waals surface area contributed by atoms with Gasteiger partial charge in [0.1, 0.15) is 0 Å². The molecular weight excluding hydrogens is 240 g/mol. The van der Waals surface area contributed by atoms with Gasteiger partial charge in [-0.3, -0.25) is 4.79 Å². The van der Waals surface area contributed by atoms with Crippen LogP contribution in [-0.2, 0) is 4.74 Å². The molecule has 0 atom stereocenters. The van der Waals surface area contributed by atoms with Gasteiger partial charge in [-0.25, -0.2) is 4.98 Å². The zero-order valence-electron chi connectivity index (χ0n) is 9.29. The van der Waals surface area contributed by atoms with Crippen LogP contribution in [0.5, 0.6) is 0 Å². The maximum Gasteiger partial charge on any atom is 0.259 e. The number of H-pyrrole nitrogens is 1. The Bertz CT molecular complexity index is 634. The van der Waals surface area contributed by atoms with Gasteiger partial charge in [0.25, 0.3) is 5.56 Å². The molecule has 5 heteroatoms. The Morgan fingerprint density at radius 1 is 1.59 bits per heavy atom.